The monoisotopic (exact) mass is 554 g/mol. The molecule has 2 aromatic rings. The maximum Gasteiger partial charge on any atom is 0.166 e. The first-order chi connectivity index (χ1) is 18.6. The quantitative estimate of drug-likeness (QED) is 0.160. The summed E-state index contributed by atoms with van der Waals surface area (Å²) in [7, 11) is 0. The number of imidazole rings is 1. The standard InChI is InChI=1S/C28H47ClN4O5/c1-5-9-13-34-18-22-26(37-16-12-8-4)25(36-15-11-7-3)21(35-14-10-6-2)17-23(38-22)33-20-32-24-27(29)30-19-31-28(24)33/h19-23,25-26H,5-18H2,1-4H3/t21-,22+,23-,25+,26+/m0/s1. The summed E-state index contributed by atoms with van der Waals surface area (Å²) < 4.78 is 34.5. The third-order valence-corrected chi connectivity index (χ3v) is 7.09. The average Bonchev–Trinajstić information content (AvgIpc) is 3.30. The number of halogens is 1. The van der Waals surface area contributed by atoms with Gasteiger partial charge in [-0.25, -0.2) is 15.0 Å². The molecule has 0 aliphatic carbocycles. The highest BCUT2D eigenvalue weighted by atomic mass is 35.5. The van der Waals surface area contributed by atoms with Crippen LogP contribution in [0, 0.1) is 0 Å². The van der Waals surface area contributed by atoms with E-state index in [9.17, 15) is 0 Å². The van der Waals surface area contributed by atoms with Crippen LogP contribution in [-0.2, 0) is 23.7 Å². The number of unbranched alkanes of at least 4 members (excludes halogenated alkanes) is 4. The Labute approximate surface area is 232 Å². The summed E-state index contributed by atoms with van der Waals surface area (Å²) in [5.41, 5.74) is 1.18. The van der Waals surface area contributed by atoms with E-state index in [1.165, 1.54) is 6.33 Å². The van der Waals surface area contributed by atoms with Gasteiger partial charge in [-0.05, 0) is 25.7 Å². The Kier molecular flexibility index (Phi) is 14.2. The molecule has 1 saturated heterocycles. The van der Waals surface area contributed by atoms with Crippen molar-refractivity contribution in [2.45, 2.75) is 116 Å². The summed E-state index contributed by atoms with van der Waals surface area (Å²) in [4.78, 5) is 13.0. The van der Waals surface area contributed by atoms with Gasteiger partial charge < -0.3 is 23.7 Å². The van der Waals surface area contributed by atoms with Crippen LogP contribution < -0.4 is 0 Å². The number of hydrogen-bond acceptors (Lipinski definition) is 8. The molecule has 0 radical (unpaired) electrons. The summed E-state index contributed by atoms with van der Waals surface area (Å²) in [5.74, 6) is 0. The molecule has 9 nitrogen and oxygen atoms in total. The van der Waals surface area contributed by atoms with Gasteiger partial charge in [0.15, 0.2) is 10.8 Å². The molecule has 216 valence electrons. The molecule has 3 heterocycles. The zero-order valence-electron chi connectivity index (χ0n) is 23.6. The number of aromatic nitrogens is 4. The minimum Gasteiger partial charge on any atom is -0.379 e. The molecule has 3 rings (SSSR count). The van der Waals surface area contributed by atoms with E-state index in [2.05, 4.69) is 42.6 Å². The van der Waals surface area contributed by atoms with E-state index in [-0.39, 0.29) is 24.4 Å². The van der Waals surface area contributed by atoms with Gasteiger partial charge in [-0.2, -0.15) is 0 Å². The zero-order valence-corrected chi connectivity index (χ0v) is 24.4. The minimum absolute atomic E-state index is 0.231. The maximum absolute atomic E-state index is 6.81. The predicted octanol–water partition coefficient (Wildman–Crippen LogP) is 6.14. The second kappa shape index (κ2) is 17.4. The molecular formula is C28H47ClN4O5. The Hall–Kier alpha value is -1.36. The van der Waals surface area contributed by atoms with E-state index in [1.807, 2.05) is 4.57 Å². The normalized spacial score (nSPS) is 24.2. The molecule has 0 amide bonds. The van der Waals surface area contributed by atoms with Crippen molar-refractivity contribution in [3.05, 3.63) is 17.8 Å². The second-order valence-electron chi connectivity index (χ2n) is 9.92. The van der Waals surface area contributed by atoms with Crippen LogP contribution >= 0.6 is 11.6 Å². The summed E-state index contributed by atoms with van der Waals surface area (Å²) in [6.07, 6.45) is 10.3. The zero-order chi connectivity index (χ0) is 27.2. The highest BCUT2D eigenvalue weighted by Crippen LogP contribution is 2.34. The molecule has 10 heteroatoms. The lowest BCUT2D eigenvalue weighted by atomic mass is 10.0. The number of rotatable bonds is 18. The van der Waals surface area contributed by atoms with E-state index in [4.69, 9.17) is 35.3 Å². The van der Waals surface area contributed by atoms with Crippen molar-refractivity contribution in [2.24, 2.45) is 0 Å². The van der Waals surface area contributed by atoms with E-state index in [0.717, 1.165) is 51.4 Å². The largest absolute Gasteiger partial charge is 0.379 e. The van der Waals surface area contributed by atoms with Crippen molar-refractivity contribution in [1.82, 2.24) is 19.5 Å². The van der Waals surface area contributed by atoms with Gasteiger partial charge in [-0.3, -0.25) is 4.57 Å². The van der Waals surface area contributed by atoms with Gasteiger partial charge in [-0.1, -0.05) is 65.0 Å². The van der Waals surface area contributed by atoms with Gasteiger partial charge in [0.1, 0.15) is 36.4 Å². The van der Waals surface area contributed by atoms with Crippen LogP contribution in [0.1, 0.15) is 91.7 Å². The molecule has 1 fully saturated rings. The molecule has 0 N–H and O–H groups in total. The van der Waals surface area contributed by atoms with E-state index in [0.29, 0.717) is 55.8 Å². The van der Waals surface area contributed by atoms with Crippen LogP contribution in [0.5, 0.6) is 0 Å². The molecular weight excluding hydrogens is 508 g/mol. The fraction of sp³-hybridized carbons (Fsp3) is 0.821. The van der Waals surface area contributed by atoms with E-state index >= 15 is 0 Å². The SMILES string of the molecule is CCCCOC[C@H]1O[C@H](n2cnc3c(Cl)ncnc32)C[C@H](OCCCC)[C@@H](OCCCC)[C@@H]1OCCCC. The van der Waals surface area contributed by atoms with Crippen molar-refractivity contribution in [2.75, 3.05) is 33.0 Å². The summed E-state index contributed by atoms with van der Waals surface area (Å²) in [6, 6.07) is 0. The molecule has 0 unspecified atom stereocenters. The lowest BCUT2D eigenvalue weighted by Crippen LogP contribution is -2.49. The minimum atomic E-state index is -0.408. The number of hydrogen-bond donors (Lipinski definition) is 0. The van der Waals surface area contributed by atoms with E-state index < -0.39 is 6.23 Å². The smallest absolute Gasteiger partial charge is 0.166 e. The molecule has 0 spiro atoms. The molecule has 0 saturated carbocycles. The van der Waals surface area contributed by atoms with Crippen molar-refractivity contribution < 1.29 is 23.7 Å². The van der Waals surface area contributed by atoms with Crippen LogP contribution in [0.25, 0.3) is 11.2 Å². The molecule has 2 aromatic heterocycles. The maximum atomic E-state index is 6.81. The van der Waals surface area contributed by atoms with Crippen LogP contribution in [0.2, 0.25) is 5.15 Å². The van der Waals surface area contributed by atoms with Crippen molar-refractivity contribution >= 4 is 22.8 Å². The molecule has 1 aliphatic heterocycles. The fourth-order valence-corrected chi connectivity index (χ4v) is 4.73. The average molecular weight is 555 g/mol. The third kappa shape index (κ3) is 8.83. The Bertz CT molecular complexity index is 916. The molecule has 5 atom stereocenters. The second-order valence-corrected chi connectivity index (χ2v) is 10.3. The Morgan fingerprint density at radius 3 is 2.16 bits per heavy atom. The number of ether oxygens (including phenoxy) is 5. The first kappa shape index (κ1) is 31.2. The molecule has 0 aromatic carbocycles. The van der Waals surface area contributed by atoms with Crippen molar-refractivity contribution in [1.29, 1.82) is 0 Å². The van der Waals surface area contributed by atoms with Crippen LogP contribution in [0.3, 0.4) is 0 Å². The fourth-order valence-electron chi connectivity index (χ4n) is 4.56. The third-order valence-electron chi connectivity index (χ3n) is 6.82. The van der Waals surface area contributed by atoms with Gasteiger partial charge in [0.05, 0.1) is 19.0 Å². The number of nitrogens with zero attached hydrogens (tertiary/aromatic N) is 4. The Morgan fingerprint density at radius 2 is 1.47 bits per heavy atom. The highest BCUT2D eigenvalue weighted by molar-refractivity contribution is 6.33. The summed E-state index contributed by atoms with van der Waals surface area (Å²) in [6.45, 7) is 11.7. The topological polar surface area (TPSA) is 89.8 Å². The van der Waals surface area contributed by atoms with Crippen LogP contribution in [0.15, 0.2) is 12.7 Å². The lowest BCUT2D eigenvalue weighted by Gasteiger charge is -2.34. The van der Waals surface area contributed by atoms with E-state index in [1.54, 1.807) is 6.33 Å². The molecule has 38 heavy (non-hydrogen) atoms. The van der Waals surface area contributed by atoms with Gasteiger partial charge in [0.25, 0.3) is 0 Å². The number of fused-ring (bicyclic) bond motifs is 1. The van der Waals surface area contributed by atoms with Gasteiger partial charge in [0, 0.05) is 32.8 Å². The molecule has 1 aliphatic rings. The van der Waals surface area contributed by atoms with Crippen molar-refractivity contribution in [3.63, 3.8) is 0 Å². The first-order valence-electron chi connectivity index (χ1n) is 14.5. The lowest BCUT2D eigenvalue weighted by molar-refractivity contribution is -0.176. The Balaban J connectivity index is 1.98. The van der Waals surface area contributed by atoms with Gasteiger partial charge in [-0.15, -0.1) is 0 Å². The predicted molar refractivity (Wildman–Crippen MR) is 149 cm³/mol. The van der Waals surface area contributed by atoms with Gasteiger partial charge in [0.2, 0.25) is 0 Å². The van der Waals surface area contributed by atoms with Crippen LogP contribution in [-0.4, -0.2) is 77.0 Å². The molecule has 0 bridgehead atoms. The Morgan fingerprint density at radius 1 is 0.842 bits per heavy atom. The van der Waals surface area contributed by atoms with Crippen molar-refractivity contribution in [3.8, 4) is 0 Å². The summed E-state index contributed by atoms with van der Waals surface area (Å²) in [5, 5.41) is 0.319. The first-order valence-corrected chi connectivity index (χ1v) is 14.9. The summed E-state index contributed by atoms with van der Waals surface area (Å²) >= 11 is 6.32. The van der Waals surface area contributed by atoms with Crippen LogP contribution in [0.4, 0.5) is 0 Å². The van der Waals surface area contributed by atoms with Gasteiger partial charge >= 0.3 is 0 Å². The highest BCUT2D eigenvalue weighted by Gasteiger charge is 2.44.